The quantitative estimate of drug-likeness (QED) is 0.717. The van der Waals surface area contributed by atoms with Gasteiger partial charge in [0.15, 0.2) is 0 Å². The molecule has 0 bridgehead atoms. The highest BCUT2D eigenvalue weighted by molar-refractivity contribution is 5.36. The van der Waals surface area contributed by atoms with Crippen LogP contribution in [-0.2, 0) is 0 Å². The van der Waals surface area contributed by atoms with Crippen molar-refractivity contribution < 1.29 is 9.13 Å². The van der Waals surface area contributed by atoms with E-state index in [4.69, 9.17) is 4.74 Å². The van der Waals surface area contributed by atoms with Crippen molar-refractivity contribution in [2.24, 2.45) is 0 Å². The van der Waals surface area contributed by atoms with Crippen molar-refractivity contribution in [2.45, 2.75) is 6.92 Å². The second-order valence-corrected chi connectivity index (χ2v) is 3.32. The molecule has 0 saturated carbocycles. The van der Waals surface area contributed by atoms with Crippen molar-refractivity contribution in [3.63, 3.8) is 0 Å². The number of rotatable bonds is 2. The maximum atomic E-state index is 12.6. The van der Waals surface area contributed by atoms with Crippen LogP contribution in [-0.4, -0.2) is 0 Å². The highest BCUT2D eigenvalue weighted by Gasteiger charge is 1.99. The van der Waals surface area contributed by atoms with E-state index >= 15 is 0 Å². The highest BCUT2D eigenvalue weighted by atomic mass is 19.1. The molecule has 0 aliphatic carbocycles. The van der Waals surface area contributed by atoms with E-state index in [1.165, 1.54) is 12.1 Å². The molecule has 2 rings (SSSR count). The summed E-state index contributed by atoms with van der Waals surface area (Å²) in [6, 6.07) is 13.7. The Hall–Kier alpha value is -1.83. The Morgan fingerprint density at radius 2 is 1.60 bits per heavy atom. The molecular weight excluding hydrogens is 191 g/mol. The second kappa shape index (κ2) is 4.13. The van der Waals surface area contributed by atoms with Crippen molar-refractivity contribution >= 4 is 0 Å². The number of ether oxygens (including phenoxy) is 1. The van der Waals surface area contributed by atoms with Gasteiger partial charge < -0.3 is 4.74 Å². The zero-order chi connectivity index (χ0) is 10.7. The minimum atomic E-state index is -0.257. The average molecular weight is 202 g/mol. The Labute approximate surface area is 88.1 Å². The summed E-state index contributed by atoms with van der Waals surface area (Å²) in [7, 11) is 0. The second-order valence-electron chi connectivity index (χ2n) is 3.32. The zero-order valence-corrected chi connectivity index (χ0v) is 8.41. The molecule has 0 unspecified atom stereocenters. The van der Waals surface area contributed by atoms with Crippen molar-refractivity contribution in [3.05, 3.63) is 59.9 Å². The molecule has 0 fully saturated rings. The average Bonchev–Trinajstić information content (AvgIpc) is 2.25. The lowest BCUT2D eigenvalue weighted by molar-refractivity contribution is 0.477. The van der Waals surface area contributed by atoms with Gasteiger partial charge in [0.25, 0.3) is 0 Å². The van der Waals surface area contributed by atoms with Crippen molar-refractivity contribution in [1.29, 1.82) is 0 Å². The van der Waals surface area contributed by atoms with E-state index in [0.717, 1.165) is 11.3 Å². The molecule has 1 nitrogen and oxygen atoms in total. The van der Waals surface area contributed by atoms with E-state index < -0.39 is 0 Å². The normalized spacial score (nSPS) is 10.0. The number of para-hydroxylation sites is 1. The fraction of sp³-hybridized carbons (Fsp3) is 0.0769. The predicted molar refractivity (Wildman–Crippen MR) is 57.7 cm³/mol. The molecule has 0 heterocycles. The van der Waals surface area contributed by atoms with Crippen molar-refractivity contribution in [3.8, 4) is 11.5 Å². The smallest absolute Gasteiger partial charge is 0.130 e. The maximum Gasteiger partial charge on any atom is 0.130 e. The topological polar surface area (TPSA) is 9.23 Å². The van der Waals surface area contributed by atoms with Gasteiger partial charge in [0.05, 0.1) is 0 Å². The SMILES string of the molecule is Cc1ccccc1Oc1ccc(F)cc1. The zero-order valence-electron chi connectivity index (χ0n) is 8.41. The Kier molecular flexibility index (Phi) is 2.68. The molecule has 0 saturated heterocycles. The molecule has 0 aromatic heterocycles. The summed E-state index contributed by atoms with van der Waals surface area (Å²) < 4.78 is 18.2. The van der Waals surface area contributed by atoms with Crippen LogP contribution in [0.3, 0.4) is 0 Å². The molecule has 2 heteroatoms. The highest BCUT2D eigenvalue weighted by Crippen LogP contribution is 2.24. The van der Waals surface area contributed by atoms with Crippen molar-refractivity contribution in [2.75, 3.05) is 0 Å². The van der Waals surface area contributed by atoms with Gasteiger partial charge in [-0.2, -0.15) is 0 Å². The molecule has 0 atom stereocenters. The molecule has 0 aliphatic rings. The molecular formula is C13H11FO. The van der Waals surface area contributed by atoms with Gasteiger partial charge in [-0.3, -0.25) is 0 Å². The summed E-state index contributed by atoms with van der Waals surface area (Å²) in [6.45, 7) is 1.97. The molecule has 0 aliphatic heterocycles. The first-order valence-electron chi connectivity index (χ1n) is 4.75. The van der Waals surface area contributed by atoms with Crippen LogP contribution in [0.2, 0.25) is 0 Å². The summed E-state index contributed by atoms with van der Waals surface area (Å²) >= 11 is 0. The third-order valence-electron chi connectivity index (χ3n) is 2.14. The molecule has 76 valence electrons. The third-order valence-corrected chi connectivity index (χ3v) is 2.14. The predicted octanol–water partition coefficient (Wildman–Crippen LogP) is 3.93. The molecule has 0 spiro atoms. The molecule has 2 aromatic rings. The summed E-state index contributed by atoms with van der Waals surface area (Å²) in [6.07, 6.45) is 0. The van der Waals surface area contributed by atoms with Crippen LogP contribution in [0.25, 0.3) is 0 Å². The lowest BCUT2D eigenvalue weighted by atomic mass is 10.2. The van der Waals surface area contributed by atoms with E-state index in [1.54, 1.807) is 12.1 Å². The van der Waals surface area contributed by atoms with E-state index in [-0.39, 0.29) is 5.82 Å². The Balaban J connectivity index is 2.22. The van der Waals surface area contributed by atoms with E-state index in [2.05, 4.69) is 0 Å². The Morgan fingerprint density at radius 1 is 0.933 bits per heavy atom. The van der Waals surface area contributed by atoms with Crippen LogP contribution in [0.4, 0.5) is 4.39 Å². The first-order chi connectivity index (χ1) is 7.25. The van der Waals surface area contributed by atoms with E-state index in [9.17, 15) is 4.39 Å². The maximum absolute atomic E-state index is 12.6. The first-order valence-corrected chi connectivity index (χ1v) is 4.75. The number of benzene rings is 2. The fourth-order valence-corrected chi connectivity index (χ4v) is 1.30. The van der Waals surface area contributed by atoms with Crippen LogP contribution in [0.5, 0.6) is 11.5 Å². The van der Waals surface area contributed by atoms with Gasteiger partial charge in [-0.25, -0.2) is 4.39 Å². The Morgan fingerprint density at radius 3 is 2.27 bits per heavy atom. The van der Waals surface area contributed by atoms with E-state index in [1.807, 2.05) is 31.2 Å². The van der Waals surface area contributed by atoms with Crippen LogP contribution in [0.15, 0.2) is 48.5 Å². The van der Waals surface area contributed by atoms with Gasteiger partial charge >= 0.3 is 0 Å². The monoisotopic (exact) mass is 202 g/mol. The standard InChI is InChI=1S/C13H11FO/c1-10-4-2-3-5-13(10)15-12-8-6-11(14)7-9-12/h2-9H,1H3. The van der Waals surface area contributed by atoms with Crippen LogP contribution < -0.4 is 4.74 Å². The first kappa shape index (κ1) is 9.71. The number of aryl methyl sites for hydroxylation is 1. The minimum absolute atomic E-state index is 0.257. The van der Waals surface area contributed by atoms with Gasteiger partial charge in [0.2, 0.25) is 0 Å². The van der Waals surface area contributed by atoms with E-state index in [0.29, 0.717) is 5.75 Å². The summed E-state index contributed by atoms with van der Waals surface area (Å²) in [5.41, 5.74) is 1.06. The number of hydrogen-bond donors (Lipinski definition) is 0. The number of halogens is 1. The number of hydrogen-bond acceptors (Lipinski definition) is 1. The van der Waals surface area contributed by atoms with Crippen LogP contribution in [0.1, 0.15) is 5.56 Å². The van der Waals surface area contributed by atoms with Gasteiger partial charge in [0, 0.05) is 0 Å². The van der Waals surface area contributed by atoms with Gasteiger partial charge in [-0.1, -0.05) is 18.2 Å². The largest absolute Gasteiger partial charge is 0.457 e. The molecule has 0 radical (unpaired) electrons. The van der Waals surface area contributed by atoms with Crippen LogP contribution in [0, 0.1) is 12.7 Å². The summed E-state index contributed by atoms with van der Waals surface area (Å²) in [4.78, 5) is 0. The molecule has 15 heavy (non-hydrogen) atoms. The van der Waals surface area contributed by atoms with Crippen molar-refractivity contribution in [1.82, 2.24) is 0 Å². The Bertz CT molecular complexity index is 448. The fourth-order valence-electron chi connectivity index (χ4n) is 1.30. The molecule has 2 aromatic carbocycles. The lowest BCUT2D eigenvalue weighted by Gasteiger charge is -2.07. The third kappa shape index (κ3) is 2.34. The molecule has 0 N–H and O–H groups in total. The van der Waals surface area contributed by atoms with Gasteiger partial charge in [-0.05, 0) is 42.8 Å². The minimum Gasteiger partial charge on any atom is -0.457 e. The molecule has 0 amide bonds. The van der Waals surface area contributed by atoms with Gasteiger partial charge in [0.1, 0.15) is 17.3 Å². The summed E-state index contributed by atoms with van der Waals surface area (Å²) in [5.74, 6) is 1.18. The van der Waals surface area contributed by atoms with Gasteiger partial charge in [-0.15, -0.1) is 0 Å². The summed E-state index contributed by atoms with van der Waals surface area (Å²) in [5, 5.41) is 0. The lowest BCUT2D eigenvalue weighted by Crippen LogP contribution is -1.86. The van der Waals surface area contributed by atoms with Crippen LogP contribution >= 0.6 is 0 Å².